The third-order valence-corrected chi connectivity index (χ3v) is 2.75. The van der Waals surface area contributed by atoms with Gasteiger partial charge in [-0.05, 0) is 12.0 Å². The molecule has 0 unspecified atom stereocenters. The molecule has 2 nitrogen and oxygen atoms in total. The Hall–Kier alpha value is -1.43. The molecule has 6 heteroatoms. The topological polar surface area (TPSA) is 28.7 Å². The molecule has 2 rings (SSSR count). The molecule has 0 amide bonds. The van der Waals surface area contributed by atoms with Crippen LogP contribution in [-0.4, -0.2) is 9.97 Å². The van der Waals surface area contributed by atoms with Gasteiger partial charge in [0, 0.05) is 5.92 Å². The molecule has 0 radical (unpaired) electrons. The Labute approximate surface area is 116 Å². The standard InChI is InChI=1S/C13H13F3N2.H2S/c1-9(7-10-5-3-2-4-6-10)12-17-8-11(18-12)13(14,15)16;/h2-6,8-9H,7H2,1H3,(H,17,18);1H2/t9-;/m0./s1. The highest BCUT2D eigenvalue weighted by molar-refractivity contribution is 7.59. The molecule has 104 valence electrons. The predicted molar refractivity (Wildman–Crippen MR) is 72.5 cm³/mol. The van der Waals surface area contributed by atoms with E-state index < -0.39 is 11.9 Å². The minimum Gasteiger partial charge on any atom is -0.338 e. The number of H-pyrrole nitrogens is 1. The molecule has 1 aromatic carbocycles. The zero-order valence-corrected chi connectivity index (χ0v) is 11.3. The molecule has 1 N–H and O–H groups in total. The number of hydrogen-bond acceptors (Lipinski definition) is 1. The van der Waals surface area contributed by atoms with Gasteiger partial charge in [0.2, 0.25) is 0 Å². The Balaban J connectivity index is 0.00000180. The summed E-state index contributed by atoms with van der Waals surface area (Å²) in [6.45, 7) is 1.85. The Morgan fingerprint density at radius 1 is 1.21 bits per heavy atom. The summed E-state index contributed by atoms with van der Waals surface area (Å²) in [5.74, 6) is 0.287. The third-order valence-electron chi connectivity index (χ3n) is 2.75. The second-order valence-electron chi connectivity index (χ2n) is 4.27. The van der Waals surface area contributed by atoms with Gasteiger partial charge in [0.05, 0.1) is 6.20 Å². The van der Waals surface area contributed by atoms with Gasteiger partial charge in [-0.2, -0.15) is 26.7 Å². The van der Waals surface area contributed by atoms with E-state index in [-0.39, 0.29) is 19.4 Å². The van der Waals surface area contributed by atoms with E-state index in [0.717, 1.165) is 11.8 Å². The first-order valence-corrected chi connectivity index (χ1v) is 5.63. The number of nitrogens with zero attached hydrogens (tertiary/aromatic N) is 1. The van der Waals surface area contributed by atoms with Crippen molar-refractivity contribution in [1.82, 2.24) is 9.97 Å². The van der Waals surface area contributed by atoms with Crippen molar-refractivity contribution in [3.05, 3.63) is 53.6 Å². The zero-order valence-electron chi connectivity index (χ0n) is 10.3. The van der Waals surface area contributed by atoms with Crippen molar-refractivity contribution in [3.63, 3.8) is 0 Å². The molecule has 0 aliphatic rings. The number of halogens is 3. The van der Waals surface area contributed by atoms with E-state index in [1.54, 1.807) is 0 Å². The van der Waals surface area contributed by atoms with Gasteiger partial charge in [0.25, 0.3) is 0 Å². The zero-order chi connectivity index (χ0) is 13.2. The van der Waals surface area contributed by atoms with Gasteiger partial charge < -0.3 is 4.98 Å². The van der Waals surface area contributed by atoms with Crippen LogP contribution in [0.25, 0.3) is 0 Å². The number of aromatic amines is 1. The lowest BCUT2D eigenvalue weighted by atomic mass is 10.0. The highest BCUT2D eigenvalue weighted by atomic mass is 32.1. The molecule has 0 aliphatic heterocycles. The van der Waals surface area contributed by atoms with Crippen LogP contribution in [0.1, 0.15) is 29.9 Å². The number of nitrogens with one attached hydrogen (secondary N) is 1. The largest absolute Gasteiger partial charge is 0.432 e. The Bertz CT molecular complexity index is 508. The molecule has 1 atom stereocenters. The van der Waals surface area contributed by atoms with Crippen molar-refractivity contribution >= 4 is 13.5 Å². The van der Waals surface area contributed by atoms with Crippen LogP contribution in [0.3, 0.4) is 0 Å². The third kappa shape index (κ3) is 4.02. The number of hydrogen-bond donors (Lipinski definition) is 1. The van der Waals surface area contributed by atoms with Gasteiger partial charge >= 0.3 is 6.18 Å². The molecule has 1 heterocycles. The second-order valence-corrected chi connectivity index (χ2v) is 4.27. The van der Waals surface area contributed by atoms with Crippen LogP contribution in [0.4, 0.5) is 13.2 Å². The van der Waals surface area contributed by atoms with Crippen LogP contribution in [0.15, 0.2) is 36.5 Å². The molecule has 1 aromatic heterocycles. The summed E-state index contributed by atoms with van der Waals surface area (Å²) < 4.78 is 37.3. The maximum Gasteiger partial charge on any atom is 0.432 e. The second kappa shape index (κ2) is 6.14. The van der Waals surface area contributed by atoms with Gasteiger partial charge in [-0.15, -0.1) is 0 Å². The molecule has 19 heavy (non-hydrogen) atoms. The average Bonchev–Trinajstić information content (AvgIpc) is 2.79. The first-order chi connectivity index (χ1) is 8.47. The first kappa shape index (κ1) is 15.6. The minimum atomic E-state index is -4.36. The summed E-state index contributed by atoms with van der Waals surface area (Å²) in [5.41, 5.74) is 0.285. The fourth-order valence-corrected chi connectivity index (χ4v) is 1.80. The number of alkyl halides is 3. The molecule has 0 spiro atoms. The molecule has 0 aliphatic carbocycles. The van der Waals surface area contributed by atoms with Crippen molar-refractivity contribution in [2.75, 3.05) is 0 Å². The molecule has 2 aromatic rings. The van der Waals surface area contributed by atoms with Gasteiger partial charge in [0.15, 0.2) is 0 Å². The maximum atomic E-state index is 12.4. The van der Waals surface area contributed by atoms with E-state index >= 15 is 0 Å². The first-order valence-electron chi connectivity index (χ1n) is 5.63. The number of benzene rings is 1. The van der Waals surface area contributed by atoms with Crippen molar-refractivity contribution in [2.45, 2.75) is 25.4 Å². The summed E-state index contributed by atoms with van der Waals surface area (Å²) in [6, 6.07) is 9.62. The summed E-state index contributed by atoms with van der Waals surface area (Å²) in [5, 5.41) is 0. The van der Waals surface area contributed by atoms with Crippen LogP contribution in [0, 0.1) is 0 Å². The van der Waals surface area contributed by atoms with E-state index in [1.165, 1.54) is 0 Å². The van der Waals surface area contributed by atoms with Crippen LogP contribution < -0.4 is 0 Å². The normalized spacial score (nSPS) is 12.8. The minimum absolute atomic E-state index is 0. The van der Waals surface area contributed by atoms with Gasteiger partial charge in [-0.25, -0.2) is 4.98 Å². The fraction of sp³-hybridized carbons (Fsp3) is 0.308. The number of imidazole rings is 1. The Morgan fingerprint density at radius 3 is 2.37 bits per heavy atom. The summed E-state index contributed by atoms with van der Waals surface area (Å²) >= 11 is 0. The van der Waals surface area contributed by atoms with Crippen LogP contribution in [0.2, 0.25) is 0 Å². The Morgan fingerprint density at radius 2 is 1.84 bits per heavy atom. The average molecular weight is 288 g/mol. The quantitative estimate of drug-likeness (QED) is 0.912. The van der Waals surface area contributed by atoms with Crippen LogP contribution in [0.5, 0.6) is 0 Å². The van der Waals surface area contributed by atoms with E-state index in [4.69, 9.17) is 0 Å². The van der Waals surface area contributed by atoms with E-state index in [0.29, 0.717) is 12.2 Å². The van der Waals surface area contributed by atoms with Gasteiger partial charge in [0.1, 0.15) is 11.5 Å². The number of rotatable bonds is 3. The van der Waals surface area contributed by atoms with Crippen molar-refractivity contribution in [2.24, 2.45) is 0 Å². The van der Waals surface area contributed by atoms with Gasteiger partial charge in [-0.1, -0.05) is 37.3 Å². The molecular weight excluding hydrogens is 273 g/mol. The van der Waals surface area contributed by atoms with Crippen molar-refractivity contribution in [3.8, 4) is 0 Å². The van der Waals surface area contributed by atoms with Crippen LogP contribution >= 0.6 is 13.5 Å². The lowest BCUT2D eigenvalue weighted by Crippen LogP contribution is -2.06. The highest BCUT2D eigenvalue weighted by Crippen LogP contribution is 2.29. The highest BCUT2D eigenvalue weighted by Gasteiger charge is 2.33. The smallest absolute Gasteiger partial charge is 0.338 e. The summed E-state index contributed by atoms with van der Waals surface area (Å²) in [7, 11) is 0. The van der Waals surface area contributed by atoms with Crippen LogP contribution in [-0.2, 0) is 12.6 Å². The lowest BCUT2D eigenvalue weighted by molar-refractivity contribution is -0.140. The van der Waals surface area contributed by atoms with E-state index in [2.05, 4.69) is 9.97 Å². The molecule has 0 saturated carbocycles. The summed E-state index contributed by atoms with van der Waals surface area (Å²) in [6.07, 6.45) is -2.86. The van der Waals surface area contributed by atoms with Crippen molar-refractivity contribution in [1.29, 1.82) is 0 Å². The fourth-order valence-electron chi connectivity index (χ4n) is 1.80. The molecular formula is C13H15F3N2S. The van der Waals surface area contributed by atoms with E-state index in [1.807, 2.05) is 37.3 Å². The lowest BCUT2D eigenvalue weighted by Gasteiger charge is -2.08. The predicted octanol–water partition coefficient (Wildman–Crippen LogP) is 3.89. The monoisotopic (exact) mass is 288 g/mol. The maximum absolute atomic E-state index is 12.4. The SMILES string of the molecule is C[C@@H](Cc1ccccc1)c1ncc(C(F)(F)F)[nH]1.S. The van der Waals surface area contributed by atoms with E-state index in [9.17, 15) is 13.2 Å². The number of aromatic nitrogens is 2. The molecule has 0 fully saturated rings. The van der Waals surface area contributed by atoms with Crippen molar-refractivity contribution < 1.29 is 13.2 Å². The molecule has 0 bridgehead atoms. The van der Waals surface area contributed by atoms with Gasteiger partial charge in [-0.3, -0.25) is 0 Å². The molecule has 0 saturated heterocycles. The summed E-state index contributed by atoms with van der Waals surface area (Å²) in [4.78, 5) is 6.14. The Kier molecular flexibility index (Phi) is 5.05.